The van der Waals surface area contributed by atoms with Crippen molar-refractivity contribution >= 4 is 5.91 Å². The molecule has 2 heterocycles. The second-order valence-electron chi connectivity index (χ2n) is 6.00. The van der Waals surface area contributed by atoms with Crippen LogP contribution in [0.5, 0.6) is 0 Å². The van der Waals surface area contributed by atoms with Crippen LogP contribution in [0.2, 0.25) is 0 Å². The quantitative estimate of drug-likeness (QED) is 0.854. The number of ether oxygens (including phenoxy) is 1. The summed E-state index contributed by atoms with van der Waals surface area (Å²) in [5.74, 6) is -0.447. The highest BCUT2D eigenvalue weighted by Gasteiger charge is 2.40. The highest BCUT2D eigenvalue weighted by molar-refractivity contribution is 5.95. The standard InChI is InChI=1S/C15H22F3N3O2/c1-4-21-8-11(13(19-21)15(16,17)18)14(22)20-6-5-7-23-12(9-20)10(2)3/h8,10,12H,4-7,9H2,1-3H3. The van der Waals surface area contributed by atoms with Crippen molar-refractivity contribution in [2.24, 2.45) is 5.92 Å². The molecule has 0 N–H and O–H groups in total. The Morgan fingerprint density at radius 3 is 2.74 bits per heavy atom. The van der Waals surface area contributed by atoms with Crippen molar-refractivity contribution in [3.8, 4) is 0 Å². The Balaban J connectivity index is 2.30. The first-order valence-corrected chi connectivity index (χ1v) is 7.79. The van der Waals surface area contributed by atoms with E-state index >= 15 is 0 Å². The van der Waals surface area contributed by atoms with Crippen molar-refractivity contribution in [3.05, 3.63) is 17.5 Å². The predicted octanol–water partition coefficient (Wildman–Crippen LogP) is 2.81. The molecule has 0 spiro atoms. The van der Waals surface area contributed by atoms with E-state index in [0.29, 0.717) is 26.1 Å². The van der Waals surface area contributed by atoms with Crippen molar-refractivity contribution in [3.63, 3.8) is 0 Å². The van der Waals surface area contributed by atoms with Gasteiger partial charge < -0.3 is 9.64 Å². The number of halogens is 3. The molecule has 2 rings (SSSR count). The van der Waals surface area contributed by atoms with Crippen LogP contribution in [0, 0.1) is 5.92 Å². The number of nitrogens with zero attached hydrogens (tertiary/aromatic N) is 3. The van der Waals surface area contributed by atoms with E-state index in [1.807, 2.05) is 13.8 Å². The maximum Gasteiger partial charge on any atom is 0.435 e. The van der Waals surface area contributed by atoms with Crippen molar-refractivity contribution in [2.45, 2.75) is 46.0 Å². The van der Waals surface area contributed by atoms with Gasteiger partial charge in [-0.05, 0) is 19.3 Å². The molecule has 8 heteroatoms. The molecule has 1 amide bonds. The fraction of sp³-hybridized carbons (Fsp3) is 0.733. The van der Waals surface area contributed by atoms with Crippen molar-refractivity contribution in [2.75, 3.05) is 19.7 Å². The van der Waals surface area contributed by atoms with Crippen LogP contribution < -0.4 is 0 Å². The lowest BCUT2D eigenvalue weighted by molar-refractivity contribution is -0.141. The molecule has 0 aromatic carbocycles. The molecule has 0 saturated carbocycles. The zero-order valence-corrected chi connectivity index (χ0v) is 13.6. The lowest BCUT2D eigenvalue weighted by Gasteiger charge is -2.26. The zero-order valence-electron chi connectivity index (χ0n) is 13.6. The van der Waals surface area contributed by atoms with Gasteiger partial charge in [-0.3, -0.25) is 9.48 Å². The molecule has 5 nitrogen and oxygen atoms in total. The summed E-state index contributed by atoms with van der Waals surface area (Å²) in [6.07, 6.45) is -3.03. The van der Waals surface area contributed by atoms with E-state index < -0.39 is 17.8 Å². The minimum absolute atomic E-state index is 0.169. The Hall–Kier alpha value is -1.57. The Bertz CT molecular complexity index is 555. The molecule has 1 fully saturated rings. The third kappa shape index (κ3) is 4.04. The molecular formula is C15H22F3N3O2. The molecule has 130 valence electrons. The van der Waals surface area contributed by atoms with Crippen LogP contribution in [-0.4, -0.2) is 46.4 Å². The number of carbonyl (C=O) groups excluding carboxylic acids is 1. The van der Waals surface area contributed by atoms with Gasteiger partial charge in [0.2, 0.25) is 0 Å². The van der Waals surface area contributed by atoms with E-state index in [0.717, 1.165) is 4.68 Å². The van der Waals surface area contributed by atoms with Crippen LogP contribution in [0.25, 0.3) is 0 Å². The van der Waals surface area contributed by atoms with Gasteiger partial charge >= 0.3 is 6.18 Å². The number of aromatic nitrogens is 2. The van der Waals surface area contributed by atoms with Crippen molar-refractivity contribution < 1.29 is 22.7 Å². The van der Waals surface area contributed by atoms with Gasteiger partial charge in [0.1, 0.15) is 0 Å². The number of rotatable bonds is 3. The number of hydrogen-bond acceptors (Lipinski definition) is 3. The van der Waals surface area contributed by atoms with Gasteiger partial charge in [0.25, 0.3) is 5.91 Å². The summed E-state index contributed by atoms with van der Waals surface area (Å²) in [4.78, 5) is 14.1. The van der Waals surface area contributed by atoms with E-state index in [2.05, 4.69) is 5.10 Å². The van der Waals surface area contributed by atoms with Gasteiger partial charge in [-0.2, -0.15) is 18.3 Å². The Morgan fingerprint density at radius 1 is 1.48 bits per heavy atom. The van der Waals surface area contributed by atoms with E-state index in [9.17, 15) is 18.0 Å². The molecule has 1 aliphatic rings. The van der Waals surface area contributed by atoms with Gasteiger partial charge in [0.15, 0.2) is 5.69 Å². The molecule has 0 radical (unpaired) electrons. The maximum absolute atomic E-state index is 13.1. The van der Waals surface area contributed by atoms with E-state index in [1.54, 1.807) is 6.92 Å². The Morgan fingerprint density at radius 2 is 2.17 bits per heavy atom. The lowest BCUT2D eigenvalue weighted by atomic mass is 10.1. The van der Waals surface area contributed by atoms with Gasteiger partial charge in [-0.25, -0.2) is 0 Å². The van der Waals surface area contributed by atoms with Crippen LogP contribution in [-0.2, 0) is 17.5 Å². The molecule has 1 aromatic heterocycles. The number of aryl methyl sites for hydroxylation is 1. The van der Waals surface area contributed by atoms with Crippen LogP contribution in [0.3, 0.4) is 0 Å². The largest absolute Gasteiger partial charge is 0.435 e. The van der Waals surface area contributed by atoms with Gasteiger partial charge in [-0.1, -0.05) is 13.8 Å². The summed E-state index contributed by atoms with van der Waals surface area (Å²) in [6.45, 7) is 7.07. The molecule has 1 atom stereocenters. The monoisotopic (exact) mass is 333 g/mol. The lowest BCUT2D eigenvalue weighted by Crippen LogP contribution is -2.39. The fourth-order valence-corrected chi connectivity index (χ4v) is 2.56. The third-order valence-corrected chi connectivity index (χ3v) is 3.92. The topological polar surface area (TPSA) is 47.4 Å². The predicted molar refractivity (Wildman–Crippen MR) is 78.0 cm³/mol. The number of carbonyl (C=O) groups is 1. The zero-order chi connectivity index (χ0) is 17.2. The molecule has 1 aromatic rings. The summed E-state index contributed by atoms with van der Waals surface area (Å²) in [5.41, 5.74) is -1.50. The summed E-state index contributed by atoms with van der Waals surface area (Å²) in [6, 6.07) is 0. The molecule has 1 saturated heterocycles. The van der Waals surface area contributed by atoms with Gasteiger partial charge in [0, 0.05) is 32.4 Å². The average molecular weight is 333 g/mol. The Kier molecular flexibility index (Phi) is 5.33. The summed E-state index contributed by atoms with van der Waals surface area (Å²) < 4.78 is 46.2. The third-order valence-electron chi connectivity index (χ3n) is 3.92. The maximum atomic E-state index is 13.1. The summed E-state index contributed by atoms with van der Waals surface area (Å²) in [5, 5.41) is 3.51. The molecule has 0 aliphatic carbocycles. The molecular weight excluding hydrogens is 311 g/mol. The number of alkyl halides is 3. The normalized spacial score (nSPS) is 20.0. The van der Waals surface area contributed by atoms with E-state index in [1.165, 1.54) is 11.1 Å². The summed E-state index contributed by atoms with van der Waals surface area (Å²) >= 11 is 0. The van der Waals surface area contributed by atoms with E-state index in [-0.39, 0.29) is 24.1 Å². The number of hydrogen-bond donors (Lipinski definition) is 0. The van der Waals surface area contributed by atoms with E-state index in [4.69, 9.17) is 4.74 Å². The fourth-order valence-electron chi connectivity index (χ4n) is 2.56. The molecule has 0 bridgehead atoms. The second-order valence-corrected chi connectivity index (χ2v) is 6.00. The minimum Gasteiger partial charge on any atom is -0.376 e. The van der Waals surface area contributed by atoms with Crippen molar-refractivity contribution in [1.29, 1.82) is 0 Å². The number of amides is 1. The molecule has 1 unspecified atom stereocenters. The highest BCUT2D eigenvalue weighted by atomic mass is 19.4. The second kappa shape index (κ2) is 6.90. The SMILES string of the molecule is CCn1cc(C(=O)N2CCCOC(C(C)C)C2)c(C(F)(F)F)n1. The summed E-state index contributed by atoms with van der Waals surface area (Å²) in [7, 11) is 0. The van der Waals surface area contributed by atoms with Crippen LogP contribution >= 0.6 is 0 Å². The van der Waals surface area contributed by atoms with Crippen LogP contribution in [0.4, 0.5) is 13.2 Å². The molecule has 1 aliphatic heterocycles. The van der Waals surface area contributed by atoms with Crippen molar-refractivity contribution in [1.82, 2.24) is 14.7 Å². The van der Waals surface area contributed by atoms with Gasteiger partial charge in [-0.15, -0.1) is 0 Å². The average Bonchev–Trinajstić information content (AvgIpc) is 2.76. The first-order chi connectivity index (χ1) is 10.7. The smallest absolute Gasteiger partial charge is 0.376 e. The van der Waals surface area contributed by atoms with Crippen LogP contribution in [0.1, 0.15) is 43.2 Å². The van der Waals surface area contributed by atoms with Crippen LogP contribution in [0.15, 0.2) is 6.20 Å². The Labute approximate surface area is 133 Å². The highest BCUT2D eigenvalue weighted by Crippen LogP contribution is 2.31. The van der Waals surface area contributed by atoms with Gasteiger partial charge in [0.05, 0.1) is 11.7 Å². The molecule has 23 heavy (non-hydrogen) atoms. The first kappa shape index (κ1) is 17.8. The first-order valence-electron chi connectivity index (χ1n) is 7.79. The minimum atomic E-state index is -4.65.